The van der Waals surface area contributed by atoms with Crippen LogP contribution in [0.15, 0.2) is 46.6 Å². The third-order valence-corrected chi connectivity index (χ3v) is 5.93. The van der Waals surface area contributed by atoms with E-state index in [-0.39, 0.29) is 17.0 Å². The fourth-order valence-corrected chi connectivity index (χ4v) is 4.24. The Kier molecular flexibility index (Phi) is 5.00. The van der Waals surface area contributed by atoms with Gasteiger partial charge >= 0.3 is 0 Å². The number of nitrogens with one attached hydrogen (secondary N) is 1. The Morgan fingerprint density at radius 1 is 1.11 bits per heavy atom. The second-order valence-electron chi connectivity index (χ2n) is 7.03. The number of aromatic nitrogens is 2. The summed E-state index contributed by atoms with van der Waals surface area (Å²) in [7, 11) is 0. The molecule has 1 fully saturated rings. The maximum atomic E-state index is 12.8. The third kappa shape index (κ3) is 3.71. The lowest BCUT2D eigenvalue weighted by molar-refractivity contribution is 0.0745. The molecule has 0 aliphatic carbocycles. The zero-order chi connectivity index (χ0) is 19.7. The van der Waals surface area contributed by atoms with Gasteiger partial charge in [-0.2, -0.15) is 0 Å². The minimum Gasteiger partial charge on any atom is -0.345 e. The van der Waals surface area contributed by atoms with Crippen molar-refractivity contribution < 1.29 is 4.79 Å². The first-order chi connectivity index (χ1) is 13.5. The van der Waals surface area contributed by atoms with Gasteiger partial charge in [0.25, 0.3) is 11.5 Å². The van der Waals surface area contributed by atoms with Gasteiger partial charge < -0.3 is 14.8 Å². The largest absolute Gasteiger partial charge is 0.345 e. The van der Waals surface area contributed by atoms with Gasteiger partial charge in [0, 0.05) is 37.3 Å². The maximum Gasteiger partial charge on any atom is 0.261 e. The monoisotopic (exact) mass is 394 g/mol. The molecular formula is C21H22N4O2S. The lowest BCUT2D eigenvalue weighted by atomic mass is 10.1. The van der Waals surface area contributed by atoms with E-state index in [1.165, 1.54) is 0 Å². The average molecular weight is 395 g/mol. The number of nitrogens with zero attached hydrogens (tertiary/aromatic N) is 3. The number of carbonyl (C=O) groups excluding carboxylic acids is 1. The number of benzene rings is 1. The van der Waals surface area contributed by atoms with Crippen LogP contribution >= 0.6 is 11.3 Å². The normalized spacial score (nSPS) is 14.4. The van der Waals surface area contributed by atoms with Crippen LogP contribution in [0.5, 0.6) is 0 Å². The van der Waals surface area contributed by atoms with Crippen molar-refractivity contribution in [3.8, 4) is 11.3 Å². The highest BCUT2D eigenvalue weighted by molar-refractivity contribution is 7.13. The van der Waals surface area contributed by atoms with Crippen LogP contribution in [-0.2, 0) is 0 Å². The number of anilines is 1. The fourth-order valence-electron chi connectivity index (χ4n) is 3.38. The summed E-state index contributed by atoms with van der Waals surface area (Å²) in [5.41, 5.74) is 3.63. The van der Waals surface area contributed by atoms with Crippen LogP contribution in [-0.4, -0.2) is 47.0 Å². The summed E-state index contributed by atoms with van der Waals surface area (Å²) in [5, 5.41) is 3.02. The molecule has 0 radical (unpaired) electrons. The molecule has 1 saturated heterocycles. The topological polar surface area (TPSA) is 69.3 Å². The highest BCUT2D eigenvalue weighted by atomic mass is 32.1. The summed E-state index contributed by atoms with van der Waals surface area (Å²) in [6, 6.07) is 11.3. The molecule has 1 aromatic carbocycles. The summed E-state index contributed by atoms with van der Waals surface area (Å²) in [6.07, 6.45) is 0. The van der Waals surface area contributed by atoms with Crippen molar-refractivity contribution in [2.75, 3.05) is 31.1 Å². The number of carbonyl (C=O) groups is 1. The number of piperazine rings is 1. The number of pyridine rings is 1. The molecule has 4 rings (SSSR count). The molecule has 3 aromatic rings. The minimum atomic E-state index is -0.345. The second-order valence-corrected chi connectivity index (χ2v) is 7.87. The van der Waals surface area contributed by atoms with E-state index in [2.05, 4.69) is 14.9 Å². The fraction of sp³-hybridized carbons (Fsp3) is 0.286. The van der Waals surface area contributed by atoms with E-state index in [0.29, 0.717) is 18.8 Å². The zero-order valence-electron chi connectivity index (χ0n) is 15.9. The van der Waals surface area contributed by atoms with Gasteiger partial charge in [0.05, 0.1) is 5.69 Å². The molecule has 0 unspecified atom stereocenters. The summed E-state index contributed by atoms with van der Waals surface area (Å²) in [6.45, 7) is 6.58. The van der Waals surface area contributed by atoms with Crippen molar-refractivity contribution in [3.05, 3.63) is 69.0 Å². The van der Waals surface area contributed by atoms with Gasteiger partial charge in [0.2, 0.25) is 0 Å². The Hall–Kier alpha value is -2.93. The van der Waals surface area contributed by atoms with Crippen LogP contribution in [0, 0.1) is 13.8 Å². The Bertz CT molecular complexity index is 1060. The van der Waals surface area contributed by atoms with Gasteiger partial charge in [-0.15, -0.1) is 11.3 Å². The smallest absolute Gasteiger partial charge is 0.261 e. The molecule has 0 saturated carbocycles. The lowest BCUT2D eigenvalue weighted by Crippen LogP contribution is -2.49. The van der Waals surface area contributed by atoms with E-state index >= 15 is 0 Å². The first-order valence-corrected chi connectivity index (χ1v) is 10.2. The Balaban J connectivity index is 1.47. The first kappa shape index (κ1) is 18.4. The van der Waals surface area contributed by atoms with E-state index < -0.39 is 0 Å². The van der Waals surface area contributed by atoms with E-state index in [1.807, 2.05) is 43.5 Å². The summed E-state index contributed by atoms with van der Waals surface area (Å²) in [4.78, 5) is 36.7. The standard InChI is InChI=1S/C21H22N4O2S/c1-14-4-3-5-16(12-14)18-7-6-17(19(26)23-18)20(27)24-8-10-25(11-9-24)21-22-15(2)13-28-21/h3-7,12-13H,8-11H2,1-2H3,(H,23,26). The number of aromatic amines is 1. The molecule has 1 N–H and O–H groups in total. The minimum absolute atomic E-state index is 0.190. The summed E-state index contributed by atoms with van der Waals surface area (Å²) in [5.74, 6) is -0.216. The molecule has 144 valence electrons. The molecule has 0 atom stereocenters. The molecule has 0 bridgehead atoms. The molecule has 7 heteroatoms. The van der Waals surface area contributed by atoms with Crippen molar-refractivity contribution in [1.82, 2.24) is 14.9 Å². The Morgan fingerprint density at radius 3 is 2.54 bits per heavy atom. The van der Waals surface area contributed by atoms with E-state index in [0.717, 1.165) is 35.0 Å². The predicted octanol–water partition coefficient (Wildman–Crippen LogP) is 3.08. The number of thiazole rings is 1. The number of amides is 1. The molecule has 1 aliphatic heterocycles. The molecule has 28 heavy (non-hydrogen) atoms. The quantitative estimate of drug-likeness (QED) is 0.741. The number of rotatable bonds is 3. The van der Waals surface area contributed by atoms with Crippen molar-refractivity contribution in [1.29, 1.82) is 0 Å². The Morgan fingerprint density at radius 2 is 1.89 bits per heavy atom. The summed E-state index contributed by atoms with van der Waals surface area (Å²) >= 11 is 1.62. The van der Waals surface area contributed by atoms with Crippen molar-refractivity contribution in [2.24, 2.45) is 0 Å². The van der Waals surface area contributed by atoms with Gasteiger partial charge in [0.1, 0.15) is 5.56 Å². The second kappa shape index (κ2) is 7.59. The van der Waals surface area contributed by atoms with Crippen LogP contribution < -0.4 is 10.5 Å². The number of H-pyrrole nitrogens is 1. The van der Waals surface area contributed by atoms with Crippen molar-refractivity contribution in [3.63, 3.8) is 0 Å². The SMILES string of the molecule is Cc1cccc(-c2ccc(C(=O)N3CCN(c4nc(C)cs4)CC3)c(=O)[nH]2)c1. The number of hydrogen-bond acceptors (Lipinski definition) is 5. The van der Waals surface area contributed by atoms with Crippen LogP contribution in [0.25, 0.3) is 11.3 Å². The van der Waals surface area contributed by atoms with Crippen molar-refractivity contribution in [2.45, 2.75) is 13.8 Å². The van der Waals surface area contributed by atoms with E-state index in [9.17, 15) is 9.59 Å². The molecule has 1 amide bonds. The van der Waals surface area contributed by atoms with E-state index in [1.54, 1.807) is 28.4 Å². The Labute approximate surface area is 167 Å². The molecule has 6 nitrogen and oxygen atoms in total. The van der Waals surface area contributed by atoms with Crippen LogP contribution in [0.3, 0.4) is 0 Å². The summed E-state index contributed by atoms with van der Waals surface area (Å²) < 4.78 is 0. The molecule has 1 aliphatic rings. The van der Waals surface area contributed by atoms with Gasteiger partial charge in [-0.05, 0) is 37.6 Å². The van der Waals surface area contributed by atoms with Gasteiger partial charge in [-0.3, -0.25) is 9.59 Å². The molecule has 0 spiro atoms. The highest BCUT2D eigenvalue weighted by Gasteiger charge is 2.25. The maximum absolute atomic E-state index is 12.8. The number of aryl methyl sites for hydroxylation is 2. The molecular weight excluding hydrogens is 372 g/mol. The molecule has 2 aromatic heterocycles. The van der Waals surface area contributed by atoms with Crippen LogP contribution in [0.4, 0.5) is 5.13 Å². The van der Waals surface area contributed by atoms with E-state index in [4.69, 9.17) is 0 Å². The zero-order valence-corrected chi connectivity index (χ0v) is 16.8. The molecule has 3 heterocycles. The van der Waals surface area contributed by atoms with Crippen LogP contribution in [0.1, 0.15) is 21.6 Å². The third-order valence-electron chi connectivity index (χ3n) is 4.91. The predicted molar refractivity (Wildman–Crippen MR) is 112 cm³/mol. The van der Waals surface area contributed by atoms with Crippen LogP contribution in [0.2, 0.25) is 0 Å². The first-order valence-electron chi connectivity index (χ1n) is 9.28. The van der Waals surface area contributed by atoms with Gasteiger partial charge in [0.15, 0.2) is 5.13 Å². The van der Waals surface area contributed by atoms with Gasteiger partial charge in [-0.1, -0.05) is 23.8 Å². The average Bonchev–Trinajstić information content (AvgIpc) is 3.14. The highest BCUT2D eigenvalue weighted by Crippen LogP contribution is 2.22. The van der Waals surface area contributed by atoms with Gasteiger partial charge in [-0.25, -0.2) is 4.98 Å². The number of hydrogen-bond donors (Lipinski definition) is 1. The lowest BCUT2D eigenvalue weighted by Gasteiger charge is -2.34. The van der Waals surface area contributed by atoms with Crippen molar-refractivity contribution >= 4 is 22.4 Å².